The van der Waals surface area contributed by atoms with E-state index in [2.05, 4.69) is 0 Å². The average molecular weight is 498 g/mol. The molecular formula is C26H27NO9. The maximum Gasteiger partial charge on any atom is 0.201 e. The van der Waals surface area contributed by atoms with Gasteiger partial charge in [-0.25, -0.2) is 0 Å². The van der Waals surface area contributed by atoms with Crippen molar-refractivity contribution in [1.82, 2.24) is 0 Å². The van der Waals surface area contributed by atoms with Gasteiger partial charge in [0.1, 0.15) is 17.1 Å². The summed E-state index contributed by atoms with van der Waals surface area (Å²) in [5.41, 5.74) is 4.00. The van der Waals surface area contributed by atoms with E-state index in [1.165, 1.54) is 31.2 Å². The Kier molecular flexibility index (Phi) is 5.77. The average Bonchev–Trinajstić information content (AvgIpc) is 2.80. The summed E-state index contributed by atoms with van der Waals surface area (Å²) >= 11 is 0. The van der Waals surface area contributed by atoms with Gasteiger partial charge in [0.05, 0.1) is 29.4 Å². The Hall–Kier alpha value is -3.15. The number of phenolic OH excluding ortho intramolecular Hbond substituents is 2. The van der Waals surface area contributed by atoms with Gasteiger partial charge in [-0.3, -0.25) is 14.4 Å². The van der Waals surface area contributed by atoms with Crippen LogP contribution in [0.2, 0.25) is 0 Å². The number of fused-ring (bicyclic) bond motifs is 3. The minimum atomic E-state index is -1.85. The van der Waals surface area contributed by atoms with E-state index in [-0.39, 0.29) is 58.4 Å². The summed E-state index contributed by atoms with van der Waals surface area (Å²) in [6, 6.07) is 4.87. The number of aromatic hydroxyl groups is 2. The molecule has 1 aliphatic heterocycles. The van der Waals surface area contributed by atoms with Gasteiger partial charge in [0, 0.05) is 42.0 Å². The second-order valence-electron chi connectivity index (χ2n) is 9.83. The van der Waals surface area contributed by atoms with Crippen molar-refractivity contribution in [3.63, 3.8) is 0 Å². The van der Waals surface area contributed by atoms with Gasteiger partial charge in [-0.15, -0.1) is 0 Å². The molecule has 10 heteroatoms. The molecule has 2 aliphatic carbocycles. The van der Waals surface area contributed by atoms with E-state index in [0.717, 1.165) is 0 Å². The number of ether oxygens (including phenoxy) is 2. The van der Waals surface area contributed by atoms with Crippen LogP contribution in [-0.2, 0) is 20.7 Å². The second-order valence-corrected chi connectivity index (χ2v) is 9.83. The highest BCUT2D eigenvalue weighted by Crippen LogP contribution is 2.48. The van der Waals surface area contributed by atoms with Crippen molar-refractivity contribution in [2.45, 2.75) is 69.4 Å². The number of benzene rings is 2. The van der Waals surface area contributed by atoms with Gasteiger partial charge in [0.2, 0.25) is 5.78 Å². The fourth-order valence-electron chi connectivity index (χ4n) is 5.43. The highest BCUT2D eigenvalue weighted by Gasteiger charge is 2.47. The number of Topliss-reactive ketones (excluding diaryl/α,β-unsaturated/α-hetero) is 1. The third-order valence-electron chi connectivity index (χ3n) is 7.46. The molecule has 0 radical (unpaired) electrons. The van der Waals surface area contributed by atoms with Crippen molar-refractivity contribution in [3.05, 3.63) is 57.6 Å². The van der Waals surface area contributed by atoms with Crippen molar-refractivity contribution >= 4 is 17.3 Å². The fraction of sp³-hybridized carbons (Fsp3) is 0.423. The molecule has 5 rings (SSSR count). The molecule has 0 spiro atoms. The normalized spacial score (nSPS) is 31.4. The molecule has 6 atom stereocenters. The quantitative estimate of drug-likeness (QED) is 0.351. The number of aliphatic hydroxyl groups excluding tert-OH is 1. The van der Waals surface area contributed by atoms with E-state index in [4.69, 9.17) is 15.2 Å². The lowest BCUT2D eigenvalue weighted by molar-refractivity contribution is -0.247. The van der Waals surface area contributed by atoms with Crippen LogP contribution in [0.25, 0.3) is 0 Å². The summed E-state index contributed by atoms with van der Waals surface area (Å²) in [5, 5.41) is 42.8. The molecule has 1 heterocycles. The molecule has 3 aliphatic rings. The SMILES string of the molecule is CC(=O)C1(O)Cc2cc3c(c(O)c2C(OC2CC(N)C(O)C(C)O2)C1)C(=O)c1c(O)cccc1C3=O. The number of carbonyl (C=O) groups is 3. The van der Waals surface area contributed by atoms with Gasteiger partial charge < -0.3 is 35.6 Å². The zero-order chi connectivity index (χ0) is 26.1. The van der Waals surface area contributed by atoms with Crippen LogP contribution in [0.5, 0.6) is 11.5 Å². The summed E-state index contributed by atoms with van der Waals surface area (Å²) in [4.78, 5) is 39.0. The van der Waals surface area contributed by atoms with Gasteiger partial charge in [-0.05, 0) is 31.5 Å². The standard InChI is InChI=1S/C26H27NO9/c1-10-22(30)15(27)7-18(35-10)36-17-9-26(34,11(2)28)8-12-6-14-21(24(32)19(12)17)25(33)20-13(23(14)31)4-3-5-16(20)29/h3-6,10,15,17-18,22,29-30,32,34H,7-9,27H2,1-2H3. The molecule has 2 aromatic rings. The summed E-state index contributed by atoms with van der Waals surface area (Å²) in [6.45, 7) is 2.86. The van der Waals surface area contributed by atoms with E-state index >= 15 is 0 Å². The zero-order valence-electron chi connectivity index (χ0n) is 19.7. The Bertz CT molecular complexity index is 1290. The summed E-state index contributed by atoms with van der Waals surface area (Å²) in [7, 11) is 0. The van der Waals surface area contributed by atoms with Crippen molar-refractivity contribution in [2.75, 3.05) is 0 Å². The summed E-state index contributed by atoms with van der Waals surface area (Å²) in [6.07, 6.45) is -3.91. The van der Waals surface area contributed by atoms with Gasteiger partial charge in [0.15, 0.2) is 17.9 Å². The first-order chi connectivity index (χ1) is 16.9. The van der Waals surface area contributed by atoms with E-state index in [0.29, 0.717) is 0 Å². The first kappa shape index (κ1) is 24.5. The highest BCUT2D eigenvalue weighted by molar-refractivity contribution is 6.30. The lowest BCUT2D eigenvalue weighted by atomic mass is 9.72. The lowest BCUT2D eigenvalue weighted by Crippen LogP contribution is -2.52. The van der Waals surface area contributed by atoms with Gasteiger partial charge in [-0.1, -0.05) is 12.1 Å². The van der Waals surface area contributed by atoms with Crippen LogP contribution >= 0.6 is 0 Å². The maximum absolute atomic E-state index is 13.3. The number of aliphatic hydroxyl groups is 2. The van der Waals surface area contributed by atoms with Crippen LogP contribution < -0.4 is 5.73 Å². The van der Waals surface area contributed by atoms with Gasteiger partial charge in [-0.2, -0.15) is 0 Å². The van der Waals surface area contributed by atoms with E-state index in [9.17, 15) is 34.8 Å². The number of phenols is 2. The minimum Gasteiger partial charge on any atom is -0.507 e. The molecule has 6 N–H and O–H groups in total. The molecule has 6 unspecified atom stereocenters. The van der Waals surface area contributed by atoms with Crippen LogP contribution in [0.1, 0.15) is 75.8 Å². The van der Waals surface area contributed by atoms with Crippen molar-refractivity contribution in [2.24, 2.45) is 5.73 Å². The molecule has 1 fully saturated rings. The van der Waals surface area contributed by atoms with Crippen molar-refractivity contribution in [3.8, 4) is 11.5 Å². The molecule has 0 amide bonds. The smallest absolute Gasteiger partial charge is 0.201 e. The maximum atomic E-state index is 13.3. The molecule has 0 aromatic heterocycles. The zero-order valence-corrected chi connectivity index (χ0v) is 19.7. The van der Waals surface area contributed by atoms with Crippen LogP contribution in [-0.4, -0.2) is 67.9 Å². The third-order valence-corrected chi connectivity index (χ3v) is 7.46. The number of nitrogens with two attached hydrogens (primary N) is 1. The number of rotatable bonds is 3. The molecule has 0 bridgehead atoms. The minimum absolute atomic E-state index is 0.00516. The first-order valence-corrected chi connectivity index (χ1v) is 11.7. The highest BCUT2D eigenvalue weighted by atomic mass is 16.7. The lowest BCUT2D eigenvalue weighted by Gasteiger charge is -2.42. The third kappa shape index (κ3) is 3.64. The van der Waals surface area contributed by atoms with Crippen molar-refractivity contribution < 1.29 is 44.3 Å². The fourth-order valence-corrected chi connectivity index (χ4v) is 5.43. The predicted molar refractivity (Wildman–Crippen MR) is 124 cm³/mol. The number of hydrogen-bond donors (Lipinski definition) is 5. The van der Waals surface area contributed by atoms with Crippen LogP contribution in [0.4, 0.5) is 0 Å². The van der Waals surface area contributed by atoms with E-state index in [1.54, 1.807) is 6.92 Å². The van der Waals surface area contributed by atoms with Gasteiger partial charge >= 0.3 is 0 Å². The molecule has 190 valence electrons. The Balaban J connectivity index is 1.63. The number of ketones is 3. The van der Waals surface area contributed by atoms with E-state index < -0.39 is 59.3 Å². The summed E-state index contributed by atoms with van der Waals surface area (Å²) in [5.74, 6) is -2.73. The molecule has 36 heavy (non-hydrogen) atoms. The molecule has 2 aromatic carbocycles. The van der Waals surface area contributed by atoms with E-state index in [1.807, 2.05) is 0 Å². The first-order valence-electron chi connectivity index (χ1n) is 11.7. The Morgan fingerprint density at radius 2 is 1.89 bits per heavy atom. The van der Waals surface area contributed by atoms with Crippen LogP contribution in [0.3, 0.4) is 0 Å². The Morgan fingerprint density at radius 3 is 2.56 bits per heavy atom. The molecule has 10 nitrogen and oxygen atoms in total. The van der Waals surface area contributed by atoms with Crippen molar-refractivity contribution in [1.29, 1.82) is 0 Å². The largest absolute Gasteiger partial charge is 0.507 e. The van der Waals surface area contributed by atoms with Gasteiger partial charge in [0.25, 0.3) is 0 Å². The number of carbonyl (C=O) groups excluding carboxylic acids is 3. The Morgan fingerprint density at radius 1 is 1.17 bits per heavy atom. The molecule has 0 saturated carbocycles. The van der Waals surface area contributed by atoms with Crippen LogP contribution in [0, 0.1) is 0 Å². The molecule has 1 saturated heterocycles. The predicted octanol–water partition coefficient (Wildman–Crippen LogP) is 1.02. The van der Waals surface area contributed by atoms with Crippen LogP contribution in [0.15, 0.2) is 24.3 Å². The second kappa shape index (κ2) is 8.46. The summed E-state index contributed by atoms with van der Waals surface area (Å²) < 4.78 is 11.8. The Labute approximate surface area is 206 Å². The topological polar surface area (TPSA) is 177 Å². The molecular weight excluding hydrogens is 470 g/mol. The number of hydrogen-bond acceptors (Lipinski definition) is 10. The monoisotopic (exact) mass is 497 g/mol.